The third-order valence-electron chi connectivity index (χ3n) is 3.73. The summed E-state index contributed by atoms with van der Waals surface area (Å²) in [5.74, 6) is 0.269. The fourth-order valence-electron chi connectivity index (χ4n) is 2.50. The topological polar surface area (TPSA) is 82.0 Å². The molecule has 122 valence electrons. The van der Waals surface area contributed by atoms with Gasteiger partial charge in [-0.25, -0.2) is 13.1 Å². The van der Waals surface area contributed by atoms with Crippen molar-refractivity contribution in [3.05, 3.63) is 28.8 Å². The highest BCUT2D eigenvalue weighted by molar-refractivity contribution is 7.89. The van der Waals surface area contributed by atoms with Crippen molar-refractivity contribution in [1.82, 2.24) is 10.0 Å². The van der Waals surface area contributed by atoms with Crippen LogP contribution in [0.5, 0.6) is 0 Å². The van der Waals surface area contributed by atoms with Crippen LogP contribution in [0.3, 0.4) is 0 Å². The maximum Gasteiger partial charge on any atom is 0.242 e. The van der Waals surface area contributed by atoms with Crippen molar-refractivity contribution in [2.45, 2.75) is 30.7 Å². The van der Waals surface area contributed by atoms with Crippen LogP contribution in [0.25, 0.3) is 0 Å². The van der Waals surface area contributed by atoms with E-state index in [4.69, 9.17) is 16.9 Å². The summed E-state index contributed by atoms with van der Waals surface area (Å²) in [7, 11) is -3.68. The standard InChI is InChI=1S/C14H18ClN3O2S.ClH/c1-10(12-3-2-6-17-9-12)18-21(19,20)14-5-4-11(8-16)7-13(14)15;/h4-5,7,10,12,17-18H,2-3,6,9H2,1H3;1H. The normalized spacial score (nSPS) is 19.8. The molecule has 8 heteroatoms. The van der Waals surface area contributed by atoms with Gasteiger partial charge < -0.3 is 5.32 Å². The molecule has 1 aromatic carbocycles. The van der Waals surface area contributed by atoms with Gasteiger partial charge >= 0.3 is 0 Å². The molecule has 1 fully saturated rings. The van der Waals surface area contributed by atoms with E-state index in [0.717, 1.165) is 25.9 Å². The Balaban J connectivity index is 0.00000242. The molecule has 0 spiro atoms. The molecule has 1 aliphatic heterocycles. The molecule has 0 aromatic heterocycles. The number of nitriles is 1. The molecular weight excluding hydrogens is 345 g/mol. The van der Waals surface area contributed by atoms with Crippen LogP contribution in [0.1, 0.15) is 25.3 Å². The summed E-state index contributed by atoms with van der Waals surface area (Å²) in [4.78, 5) is 0.0128. The zero-order chi connectivity index (χ0) is 15.5. The molecule has 2 atom stereocenters. The lowest BCUT2D eigenvalue weighted by atomic mass is 9.94. The van der Waals surface area contributed by atoms with Crippen LogP contribution in [0.4, 0.5) is 0 Å². The molecule has 22 heavy (non-hydrogen) atoms. The maximum absolute atomic E-state index is 12.4. The van der Waals surface area contributed by atoms with Crippen LogP contribution in [-0.4, -0.2) is 27.5 Å². The number of sulfonamides is 1. The van der Waals surface area contributed by atoms with Gasteiger partial charge in [-0.2, -0.15) is 5.26 Å². The third-order valence-corrected chi connectivity index (χ3v) is 5.78. The van der Waals surface area contributed by atoms with E-state index in [1.165, 1.54) is 18.2 Å². The Bertz CT molecular complexity index is 653. The summed E-state index contributed by atoms with van der Waals surface area (Å²) in [5, 5.41) is 12.1. The fourth-order valence-corrected chi connectivity index (χ4v) is 4.36. The Morgan fingerprint density at radius 2 is 2.23 bits per heavy atom. The molecule has 0 amide bonds. The minimum absolute atomic E-state index is 0. The van der Waals surface area contributed by atoms with Crippen LogP contribution in [0.15, 0.2) is 23.1 Å². The van der Waals surface area contributed by atoms with Crippen molar-refractivity contribution in [3.8, 4) is 6.07 Å². The summed E-state index contributed by atoms with van der Waals surface area (Å²) in [6.45, 7) is 3.66. The van der Waals surface area contributed by atoms with Gasteiger partial charge in [0.15, 0.2) is 0 Å². The second-order valence-electron chi connectivity index (χ2n) is 5.27. The predicted octanol–water partition coefficient (Wildman–Crippen LogP) is 2.30. The van der Waals surface area contributed by atoms with Gasteiger partial charge in [0.05, 0.1) is 16.7 Å². The SMILES string of the molecule is CC(NS(=O)(=O)c1ccc(C#N)cc1Cl)C1CCCNC1.Cl. The molecular formula is C14H19Cl2N3O2S. The fraction of sp³-hybridized carbons (Fsp3) is 0.500. The van der Waals surface area contributed by atoms with Gasteiger partial charge in [0, 0.05) is 6.04 Å². The molecule has 0 saturated carbocycles. The van der Waals surface area contributed by atoms with Gasteiger partial charge in [-0.1, -0.05) is 11.6 Å². The van der Waals surface area contributed by atoms with E-state index in [0.29, 0.717) is 5.56 Å². The van der Waals surface area contributed by atoms with Crippen LogP contribution >= 0.6 is 24.0 Å². The minimum Gasteiger partial charge on any atom is -0.316 e. The average molecular weight is 364 g/mol. The first-order valence-corrected chi connectivity index (χ1v) is 8.73. The van der Waals surface area contributed by atoms with Crippen molar-refractivity contribution in [2.75, 3.05) is 13.1 Å². The Kier molecular flexibility index (Phi) is 7.10. The number of rotatable bonds is 4. The average Bonchev–Trinajstić information content (AvgIpc) is 2.47. The van der Waals surface area contributed by atoms with E-state index in [-0.39, 0.29) is 34.3 Å². The molecule has 2 rings (SSSR count). The van der Waals surface area contributed by atoms with Gasteiger partial charge in [0.25, 0.3) is 0 Å². The molecule has 2 N–H and O–H groups in total. The lowest BCUT2D eigenvalue weighted by Crippen LogP contribution is -2.44. The zero-order valence-electron chi connectivity index (χ0n) is 12.2. The summed E-state index contributed by atoms with van der Waals surface area (Å²) < 4.78 is 27.5. The van der Waals surface area contributed by atoms with Crippen molar-refractivity contribution in [2.24, 2.45) is 5.92 Å². The third kappa shape index (κ3) is 4.58. The van der Waals surface area contributed by atoms with E-state index < -0.39 is 10.0 Å². The molecule has 5 nitrogen and oxygen atoms in total. The molecule has 2 unspecified atom stereocenters. The number of nitrogens with zero attached hydrogens (tertiary/aromatic N) is 1. The van der Waals surface area contributed by atoms with Gasteiger partial charge in [-0.3, -0.25) is 0 Å². The van der Waals surface area contributed by atoms with E-state index in [1.807, 2.05) is 13.0 Å². The minimum atomic E-state index is -3.68. The highest BCUT2D eigenvalue weighted by atomic mass is 35.5. The van der Waals surface area contributed by atoms with Crippen LogP contribution < -0.4 is 10.0 Å². The predicted molar refractivity (Wildman–Crippen MR) is 88.8 cm³/mol. The number of halogens is 2. The lowest BCUT2D eigenvalue weighted by molar-refractivity contribution is 0.320. The zero-order valence-corrected chi connectivity index (χ0v) is 14.6. The van der Waals surface area contributed by atoms with Crippen LogP contribution in [-0.2, 0) is 10.0 Å². The highest BCUT2D eigenvalue weighted by Crippen LogP contribution is 2.24. The van der Waals surface area contributed by atoms with E-state index in [1.54, 1.807) is 0 Å². The second kappa shape index (κ2) is 8.14. The molecule has 0 bridgehead atoms. The maximum atomic E-state index is 12.4. The Labute approximate surface area is 142 Å². The summed E-state index contributed by atoms with van der Waals surface area (Å²) in [6.07, 6.45) is 2.05. The Morgan fingerprint density at radius 3 is 2.77 bits per heavy atom. The monoisotopic (exact) mass is 363 g/mol. The van der Waals surface area contributed by atoms with Gasteiger partial charge in [-0.15, -0.1) is 12.4 Å². The molecule has 0 aliphatic carbocycles. The van der Waals surface area contributed by atoms with E-state index in [2.05, 4.69) is 10.0 Å². The van der Waals surface area contributed by atoms with Gasteiger partial charge in [-0.05, 0) is 57.0 Å². The van der Waals surface area contributed by atoms with Crippen LogP contribution in [0.2, 0.25) is 5.02 Å². The molecule has 1 saturated heterocycles. The quantitative estimate of drug-likeness (QED) is 0.859. The Morgan fingerprint density at radius 1 is 1.50 bits per heavy atom. The van der Waals surface area contributed by atoms with E-state index in [9.17, 15) is 8.42 Å². The summed E-state index contributed by atoms with van der Waals surface area (Å²) in [5.41, 5.74) is 0.337. The smallest absolute Gasteiger partial charge is 0.242 e. The van der Waals surface area contributed by atoms with Crippen molar-refractivity contribution in [3.63, 3.8) is 0 Å². The number of piperidine rings is 1. The van der Waals surface area contributed by atoms with Gasteiger partial charge in [0.1, 0.15) is 4.90 Å². The van der Waals surface area contributed by atoms with Crippen molar-refractivity contribution >= 4 is 34.0 Å². The molecule has 1 aromatic rings. The Hall–Kier alpha value is -0.840. The first-order valence-electron chi connectivity index (χ1n) is 6.87. The van der Waals surface area contributed by atoms with E-state index >= 15 is 0 Å². The van der Waals surface area contributed by atoms with Crippen LogP contribution in [0, 0.1) is 17.2 Å². The first-order chi connectivity index (χ1) is 9.94. The second-order valence-corrected chi connectivity index (χ2v) is 7.36. The summed E-state index contributed by atoms with van der Waals surface area (Å²) >= 11 is 5.98. The largest absolute Gasteiger partial charge is 0.316 e. The number of hydrogen-bond donors (Lipinski definition) is 2. The highest BCUT2D eigenvalue weighted by Gasteiger charge is 2.26. The molecule has 0 radical (unpaired) electrons. The number of benzene rings is 1. The lowest BCUT2D eigenvalue weighted by Gasteiger charge is -2.28. The molecule has 1 aliphatic rings. The number of hydrogen-bond acceptors (Lipinski definition) is 4. The number of nitrogens with one attached hydrogen (secondary N) is 2. The summed E-state index contributed by atoms with van der Waals surface area (Å²) in [6, 6.07) is 5.95. The van der Waals surface area contributed by atoms with Crippen molar-refractivity contribution < 1.29 is 8.42 Å². The first kappa shape index (κ1) is 19.2. The van der Waals surface area contributed by atoms with Gasteiger partial charge in [0.2, 0.25) is 10.0 Å². The molecule has 1 heterocycles. The van der Waals surface area contributed by atoms with Crippen molar-refractivity contribution in [1.29, 1.82) is 5.26 Å².